The van der Waals surface area contributed by atoms with Gasteiger partial charge in [-0.2, -0.15) is 0 Å². The predicted molar refractivity (Wildman–Crippen MR) is 70.3 cm³/mol. The highest BCUT2D eigenvalue weighted by Crippen LogP contribution is 2.52. The minimum atomic E-state index is -0.131. The summed E-state index contributed by atoms with van der Waals surface area (Å²) in [5.41, 5.74) is 0.823. The van der Waals surface area contributed by atoms with Crippen molar-refractivity contribution in [2.45, 2.75) is 31.2 Å². The van der Waals surface area contributed by atoms with Crippen molar-refractivity contribution in [3.63, 3.8) is 0 Å². The van der Waals surface area contributed by atoms with E-state index in [1.165, 1.54) is 19.3 Å². The molecule has 2 nitrogen and oxygen atoms in total. The fourth-order valence-corrected chi connectivity index (χ4v) is 3.84. The van der Waals surface area contributed by atoms with E-state index in [4.69, 9.17) is 11.6 Å². The van der Waals surface area contributed by atoms with E-state index in [0.717, 1.165) is 23.0 Å². The van der Waals surface area contributed by atoms with Gasteiger partial charge in [0.2, 0.25) is 0 Å². The van der Waals surface area contributed by atoms with Crippen LogP contribution in [0.5, 0.6) is 0 Å². The molecule has 0 saturated heterocycles. The third-order valence-corrected chi connectivity index (χ3v) is 4.84. The number of para-hydroxylation sites is 1. The van der Waals surface area contributed by atoms with Crippen LogP contribution in [0.1, 0.15) is 25.7 Å². The van der Waals surface area contributed by atoms with Crippen LogP contribution in [0, 0.1) is 11.8 Å². The topological polar surface area (TPSA) is 32.3 Å². The van der Waals surface area contributed by atoms with Gasteiger partial charge in [0.1, 0.15) is 0 Å². The molecule has 0 radical (unpaired) electrons. The maximum atomic E-state index is 9.79. The lowest BCUT2D eigenvalue weighted by molar-refractivity contribution is 0.159. The summed E-state index contributed by atoms with van der Waals surface area (Å²) in [7, 11) is 0. The summed E-state index contributed by atoms with van der Waals surface area (Å²) < 4.78 is 0. The molecule has 1 aromatic carbocycles. The summed E-state index contributed by atoms with van der Waals surface area (Å²) >= 11 is 6.18. The normalized spacial score (nSPS) is 35.2. The summed E-state index contributed by atoms with van der Waals surface area (Å²) in [6.45, 7) is 0.208. The number of hydrogen-bond donors (Lipinski definition) is 2. The van der Waals surface area contributed by atoms with E-state index in [1.807, 2.05) is 24.3 Å². The van der Waals surface area contributed by atoms with Crippen LogP contribution in [0.4, 0.5) is 5.69 Å². The van der Waals surface area contributed by atoms with Crippen molar-refractivity contribution in [2.75, 3.05) is 11.9 Å². The molecule has 0 heterocycles. The first-order valence-corrected chi connectivity index (χ1v) is 6.75. The van der Waals surface area contributed by atoms with Gasteiger partial charge in [-0.3, -0.25) is 0 Å². The van der Waals surface area contributed by atoms with Crippen LogP contribution in [0.3, 0.4) is 0 Å². The Labute approximate surface area is 107 Å². The van der Waals surface area contributed by atoms with E-state index in [-0.39, 0.29) is 12.1 Å². The maximum absolute atomic E-state index is 9.79. The third kappa shape index (κ3) is 1.84. The summed E-state index contributed by atoms with van der Waals surface area (Å²) in [6, 6.07) is 7.79. The third-order valence-electron chi connectivity index (χ3n) is 4.52. The van der Waals surface area contributed by atoms with E-state index in [1.54, 1.807) is 0 Å². The largest absolute Gasteiger partial charge is 0.394 e. The van der Waals surface area contributed by atoms with Crippen molar-refractivity contribution in [3.8, 4) is 0 Å². The summed E-state index contributed by atoms with van der Waals surface area (Å²) in [4.78, 5) is 0. The number of aliphatic hydroxyl groups is 1. The lowest BCUT2D eigenvalue weighted by Gasteiger charge is -2.38. The van der Waals surface area contributed by atoms with Crippen LogP contribution in [0.15, 0.2) is 24.3 Å². The van der Waals surface area contributed by atoms with E-state index in [0.29, 0.717) is 5.92 Å². The zero-order valence-corrected chi connectivity index (χ0v) is 10.6. The fraction of sp³-hybridized carbons (Fsp3) is 0.571. The van der Waals surface area contributed by atoms with Crippen LogP contribution in [0.2, 0.25) is 5.02 Å². The number of aliphatic hydroxyl groups excluding tert-OH is 1. The van der Waals surface area contributed by atoms with Crippen LogP contribution in [-0.4, -0.2) is 17.3 Å². The molecular weight excluding hydrogens is 234 g/mol. The SMILES string of the molecule is OCC1(Nc2ccccc2Cl)CC2CCC1C2. The molecular formula is C14H18ClNO. The quantitative estimate of drug-likeness (QED) is 0.864. The minimum Gasteiger partial charge on any atom is -0.394 e. The monoisotopic (exact) mass is 251 g/mol. The Morgan fingerprint density at radius 2 is 2.18 bits per heavy atom. The lowest BCUT2D eigenvalue weighted by Crippen LogP contribution is -2.47. The van der Waals surface area contributed by atoms with Gasteiger partial charge in [-0.1, -0.05) is 23.7 Å². The van der Waals surface area contributed by atoms with Crippen molar-refractivity contribution in [1.82, 2.24) is 0 Å². The molecule has 0 aliphatic heterocycles. The number of rotatable bonds is 3. The Kier molecular flexibility index (Phi) is 2.80. The van der Waals surface area contributed by atoms with Gasteiger partial charge in [0.25, 0.3) is 0 Å². The van der Waals surface area contributed by atoms with E-state index in [2.05, 4.69) is 5.32 Å². The van der Waals surface area contributed by atoms with Crippen molar-refractivity contribution < 1.29 is 5.11 Å². The van der Waals surface area contributed by atoms with Gasteiger partial charge in [0, 0.05) is 0 Å². The minimum absolute atomic E-state index is 0.131. The molecule has 2 N–H and O–H groups in total. The Morgan fingerprint density at radius 1 is 1.35 bits per heavy atom. The van der Waals surface area contributed by atoms with E-state index >= 15 is 0 Å². The molecule has 3 rings (SSSR count). The number of anilines is 1. The van der Waals surface area contributed by atoms with Crippen LogP contribution in [0.25, 0.3) is 0 Å². The van der Waals surface area contributed by atoms with Gasteiger partial charge in [-0.05, 0) is 49.7 Å². The molecule has 2 bridgehead atoms. The summed E-state index contributed by atoms with van der Waals surface area (Å²) in [5, 5.41) is 14.0. The van der Waals surface area contributed by atoms with Gasteiger partial charge in [-0.25, -0.2) is 0 Å². The fourth-order valence-electron chi connectivity index (χ4n) is 3.66. The van der Waals surface area contributed by atoms with Crippen LogP contribution < -0.4 is 5.32 Å². The first-order chi connectivity index (χ1) is 8.23. The van der Waals surface area contributed by atoms with Gasteiger partial charge >= 0.3 is 0 Å². The number of fused-ring (bicyclic) bond motifs is 2. The molecule has 2 aliphatic carbocycles. The van der Waals surface area contributed by atoms with Crippen molar-refractivity contribution >= 4 is 17.3 Å². The van der Waals surface area contributed by atoms with Gasteiger partial charge in [0.05, 0.1) is 22.9 Å². The molecule has 92 valence electrons. The van der Waals surface area contributed by atoms with Gasteiger partial charge in [-0.15, -0.1) is 0 Å². The average Bonchev–Trinajstić information content (AvgIpc) is 2.93. The first kappa shape index (κ1) is 11.4. The van der Waals surface area contributed by atoms with Crippen molar-refractivity contribution in [3.05, 3.63) is 29.3 Å². The summed E-state index contributed by atoms with van der Waals surface area (Å²) in [6.07, 6.45) is 4.91. The average molecular weight is 252 g/mol. The molecule has 3 unspecified atom stereocenters. The zero-order valence-electron chi connectivity index (χ0n) is 9.82. The molecule has 0 amide bonds. The second kappa shape index (κ2) is 4.18. The highest BCUT2D eigenvalue weighted by atomic mass is 35.5. The maximum Gasteiger partial charge on any atom is 0.0664 e. The Hall–Kier alpha value is -0.730. The van der Waals surface area contributed by atoms with E-state index in [9.17, 15) is 5.11 Å². The smallest absolute Gasteiger partial charge is 0.0664 e. The second-order valence-corrected chi connectivity index (χ2v) is 5.91. The van der Waals surface area contributed by atoms with Crippen molar-refractivity contribution in [1.29, 1.82) is 0 Å². The Morgan fingerprint density at radius 3 is 2.76 bits per heavy atom. The molecule has 17 heavy (non-hydrogen) atoms. The molecule has 0 spiro atoms. The van der Waals surface area contributed by atoms with Crippen molar-refractivity contribution in [2.24, 2.45) is 11.8 Å². The van der Waals surface area contributed by atoms with E-state index < -0.39 is 0 Å². The zero-order chi connectivity index (χ0) is 11.9. The standard InChI is InChI=1S/C14H18ClNO/c15-12-3-1-2-4-13(12)16-14(9-17)8-10-5-6-11(14)7-10/h1-4,10-11,16-17H,5-9H2. The van der Waals surface area contributed by atoms with Gasteiger partial charge in [0.15, 0.2) is 0 Å². The number of halogens is 1. The molecule has 0 aromatic heterocycles. The van der Waals surface area contributed by atoms with Gasteiger partial charge < -0.3 is 10.4 Å². The number of hydrogen-bond acceptors (Lipinski definition) is 2. The molecule has 3 heteroatoms. The second-order valence-electron chi connectivity index (χ2n) is 5.50. The number of nitrogens with one attached hydrogen (secondary N) is 1. The van der Waals surface area contributed by atoms with Crippen LogP contribution >= 0.6 is 11.6 Å². The molecule has 2 saturated carbocycles. The Balaban J connectivity index is 1.86. The predicted octanol–water partition coefficient (Wildman–Crippen LogP) is 3.30. The van der Waals surface area contributed by atoms with Crippen LogP contribution in [-0.2, 0) is 0 Å². The highest BCUT2D eigenvalue weighted by molar-refractivity contribution is 6.33. The first-order valence-electron chi connectivity index (χ1n) is 6.37. The molecule has 1 aromatic rings. The molecule has 2 fully saturated rings. The molecule has 2 aliphatic rings. The lowest BCUT2D eigenvalue weighted by atomic mass is 9.81. The Bertz CT molecular complexity index is 422. The molecule has 3 atom stereocenters. The number of benzene rings is 1. The highest BCUT2D eigenvalue weighted by Gasteiger charge is 2.50. The summed E-state index contributed by atoms with van der Waals surface area (Å²) in [5.74, 6) is 1.40.